The zero-order valence-corrected chi connectivity index (χ0v) is 11.5. The average molecular weight is 269 g/mol. The van der Waals surface area contributed by atoms with Crippen molar-refractivity contribution in [3.63, 3.8) is 0 Å². The molecule has 0 amide bonds. The van der Waals surface area contributed by atoms with Crippen molar-refractivity contribution in [2.24, 2.45) is 0 Å². The maximum absolute atomic E-state index is 11.9. The Bertz CT molecular complexity index is 477. The SMILES string of the molecule is C/C=C/CCNS(=O)(=O)c1ccc(OCC)cc1. The van der Waals surface area contributed by atoms with Crippen molar-refractivity contribution in [2.45, 2.75) is 25.2 Å². The normalized spacial score (nSPS) is 11.9. The molecule has 5 heteroatoms. The Morgan fingerprint density at radius 3 is 2.50 bits per heavy atom. The minimum absolute atomic E-state index is 0.256. The molecule has 0 aliphatic carbocycles. The predicted octanol–water partition coefficient (Wildman–Crippen LogP) is 2.33. The molecule has 1 N–H and O–H groups in total. The minimum Gasteiger partial charge on any atom is -0.494 e. The van der Waals surface area contributed by atoms with Gasteiger partial charge in [-0.2, -0.15) is 0 Å². The van der Waals surface area contributed by atoms with Crippen LogP contribution in [-0.2, 0) is 10.0 Å². The third kappa shape index (κ3) is 4.50. The van der Waals surface area contributed by atoms with Crippen molar-refractivity contribution in [3.05, 3.63) is 36.4 Å². The standard InChI is InChI=1S/C13H19NO3S/c1-3-5-6-11-14-18(15,16)13-9-7-12(8-10-13)17-4-2/h3,5,7-10,14H,4,6,11H2,1-2H3/b5-3+. The van der Waals surface area contributed by atoms with Gasteiger partial charge in [0.15, 0.2) is 0 Å². The van der Waals surface area contributed by atoms with Crippen molar-refractivity contribution in [1.82, 2.24) is 4.72 Å². The van der Waals surface area contributed by atoms with E-state index in [4.69, 9.17) is 4.74 Å². The van der Waals surface area contributed by atoms with Crippen LogP contribution >= 0.6 is 0 Å². The molecule has 1 aromatic carbocycles. The zero-order valence-electron chi connectivity index (χ0n) is 10.7. The third-order valence-corrected chi connectivity index (χ3v) is 3.76. The minimum atomic E-state index is -3.41. The van der Waals surface area contributed by atoms with E-state index in [0.717, 1.165) is 0 Å². The summed E-state index contributed by atoms with van der Waals surface area (Å²) in [6.45, 7) is 4.75. The van der Waals surface area contributed by atoms with Crippen LogP contribution in [0.4, 0.5) is 0 Å². The van der Waals surface area contributed by atoms with Crippen LogP contribution in [0.25, 0.3) is 0 Å². The molecule has 0 saturated heterocycles. The summed E-state index contributed by atoms with van der Waals surface area (Å²) in [7, 11) is -3.41. The quantitative estimate of drug-likeness (QED) is 0.610. The summed E-state index contributed by atoms with van der Waals surface area (Å²) < 4.78 is 31.6. The van der Waals surface area contributed by atoms with Crippen LogP contribution in [-0.4, -0.2) is 21.6 Å². The van der Waals surface area contributed by atoms with E-state index in [1.54, 1.807) is 24.3 Å². The summed E-state index contributed by atoms with van der Waals surface area (Å²) in [6, 6.07) is 6.40. The lowest BCUT2D eigenvalue weighted by molar-refractivity contribution is 0.340. The van der Waals surface area contributed by atoms with Gasteiger partial charge in [-0.1, -0.05) is 12.2 Å². The Hall–Kier alpha value is -1.33. The summed E-state index contributed by atoms with van der Waals surface area (Å²) >= 11 is 0. The Labute approximate surface area is 109 Å². The first-order valence-electron chi connectivity index (χ1n) is 5.94. The third-order valence-electron chi connectivity index (χ3n) is 2.28. The summed E-state index contributed by atoms with van der Waals surface area (Å²) in [6.07, 6.45) is 4.50. The van der Waals surface area contributed by atoms with E-state index in [9.17, 15) is 8.42 Å². The highest BCUT2D eigenvalue weighted by Gasteiger charge is 2.12. The predicted molar refractivity (Wildman–Crippen MR) is 72.2 cm³/mol. The smallest absolute Gasteiger partial charge is 0.240 e. The molecule has 0 aliphatic heterocycles. The number of sulfonamides is 1. The van der Waals surface area contributed by atoms with Gasteiger partial charge in [-0.05, 0) is 44.5 Å². The zero-order chi connectivity index (χ0) is 13.4. The van der Waals surface area contributed by atoms with Gasteiger partial charge >= 0.3 is 0 Å². The van der Waals surface area contributed by atoms with E-state index in [1.807, 2.05) is 26.0 Å². The second-order valence-corrected chi connectivity index (χ2v) is 5.43. The summed E-state index contributed by atoms with van der Waals surface area (Å²) in [4.78, 5) is 0.256. The van der Waals surface area contributed by atoms with E-state index < -0.39 is 10.0 Å². The van der Waals surface area contributed by atoms with E-state index in [0.29, 0.717) is 25.3 Å². The van der Waals surface area contributed by atoms with Crippen molar-refractivity contribution in [1.29, 1.82) is 0 Å². The number of ether oxygens (including phenoxy) is 1. The van der Waals surface area contributed by atoms with Crippen molar-refractivity contribution in [2.75, 3.05) is 13.2 Å². The van der Waals surface area contributed by atoms with E-state index >= 15 is 0 Å². The molecule has 1 aromatic rings. The topological polar surface area (TPSA) is 55.4 Å². The lowest BCUT2D eigenvalue weighted by Crippen LogP contribution is -2.24. The fourth-order valence-corrected chi connectivity index (χ4v) is 2.46. The summed E-state index contributed by atoms with van der Waals surface area (Å²) in [5.74, 6) is 0.672. The first-order chi connectivity index (χ1) is 8.60. The van der Waals surface area contributed by atoms with E-state index in [1.165, 1.54) is 0 Å². The maximum atomic E-state index is 11.9. The maximum Gasteiger partial charge on any atom is 0.240 e. The molecule has 1 rings (SSSR count). The number of hydrogen-bond acceptors (Lipinski definition) is 3. The fraction of sp³-hybridized carbons (Fsp3) is 0.385. The first kappa shape index (κ1) is 14.7. The van der Waals surface area contributed by atoms with Crippen LogP contribution in [0.2, 0.25) is 0 Å². The second-order valence-electron chi connectivity index (χ2n) is 3.66. The van der Waals surface area contributed by atoms with Crippen molar-refractivity contribution < 1.29 is 13.2 Å². The number of nitrogens with one attached hydrogen (secondary N) is 1. The highest BCUT2D eigenvalue weighted by Crippen LogP contribution is 2.15. The average Bonchev–Trinajstić information content (AvgIpc) is 2.36. The Balaban J connectivity index is 2.66. The second kappa shape index (κ2) is 7.18. The highest BCUT2D eigenvalue weighted by atomic mass is 32.2. The first-order valence-corrected chi connectivity index (χ1v) is 7.42. The molecule has 0 heterocycles. The van der Waals surface area contributed by atoms with Gasteiger partial charge in [-0.25, -0.2) is 13.1 Å². The molecule has 0 aliphatic rings. The molecular weight excluding hydrogens is 250 g/mol. The molecule has 0 fully saturated rings. The number of allylic oxidation sites excluding steroid dienone is 1. The lowest BCUT2D eigenvalue weighted by Gasteiger charge is -2.07. The van der Waals surface area contributed by atoms with Gasteiger partial charge in [-0.15, -0.1) is 0 Å². The van der Waals surface area contributed by atoms with Crippen LogP contribution in [0.1, 0.15) is 20.3 Å². The van der Waals surface area contributed by atoms with Crippen molar-refractivity contribution in [3.8, 4) is 5.75 Å². The van der Waals surface area contributed by atoms with Crippen LogP contribution in [0.3, 0.4) is 0 Å². The molecule has 100 valence electrons. The van der Waals surface area contributed by atoms with Gasteiger partial charge in [0.25, 0.3) is 0 Å². The molecule has 0 aromatic heterocycles. The monoisotopic (exact) mass is 269 g/mol. The van der Waals surface area contributed by atoms with Crippen LogP contribution in [0.5, 0.6) is 5.75 Å². The molecule has 18 heavy (non-hydrogen) atoms. The van der Waals surface area contributed by atoms with Crippen LogP contribution in [0, 0.1) is 0 Å². The van der Waals surface area contributed by atoms with Gasteiger partial charge in [0.2, 0.25) is 10.0 Å². The van der Waals surface area contributed by atoms with Crippen LogP contribution in [0.15, 0.2) is 41.3 Å². The number of hydrogen-bond donors (Lipinski definition) is 1. The molecule has 0 radical (unpaired) electrons. The van der Waals surface area contributed by atoms with Crippen LogP contribution < -0.4 is 9.46 Å². The molecular formula is C13H19NO3S. The fourth-order valence-electron chi connectivity index (χ4n) is 1.41. The molecule has 0 unspecified atom stereocenters. The summed E-state index contributed by atoms with van der Waals surface area (Å²) in [5, 5.41) is 0. The molecule has 4 nitrogen and oxygen atoms in total. The Morgan fingerprint density at radius 2 is 1.94 bits per heavy atom. The van der Waals surface area contributed by atoms with E-state index in [2.05, 4.69) is 4.72 Å². The van der Waals surface area contributed by atoms with Crippen molar-refractivity contribution >= 4 is 10.0 Å². The Kier molecular flexibility index (Phi) is 5.88. The van der Waals surface area contributed by atoms with E-state index in [-0.39, 0.29) is 4.90 Å². The number of rotatable bonds is 7. The van der Waals surface area contributed by atoms with Gasteiger partial charge in [0.1, 0.15) is 5.75 Å². The van der Waals surface area contributed by atoms with Gasteiger partial charge in [0.05, 0.1) is 11.5 Å². The molecule has 0 bridgehead atoms. The van der Waals surface area contributed by atoms with Gasteiger partial charge < -0.3 is 4.74 Å². The Morgan fingerprint density at radius 1 is 1.28 bits per heavy atom. The largest absolute Gasteiger partial charge is 0.494 e. The molecule has 0 spiro atoms. The lowest BCUT2D eigenvalue weighted by atomic mass is 10.3. The van der Waals surface area contributed by atoms with Gasteiger partial charge in [-0.3, -0.25) is 0 Å². The highest BCUT2D eigenvalue weighted by molar-refractivity contribution is 7.89. The molecule has 0 saturated carbocycles. The number of benzene rings is 1. The summed E-state index contributed by atoms with van der Waals surface area (Å²) in [5.41, 5.74) is 0. The molecule has 0 atom stereocenters. The van der Waals surface area contributed by atoms with Gasteiger partial charge in [0, 0.05) is 6.54 Å².